The van der Waals surface area contributed by atoms with E-state index in [2.05, 4.69) is 6.08 Å². The summed E-state index contributed by atoms with van der Waals surface area (Å²) in [5.41, 5.74) is 1.48. The van der Waals surface area contributed by atoms with Gasteiger partial charge in [0, 0.05) is 5.57 Å². The molecule has 0 aliphatic heterocycles. The second kappa shape index (κ2) is 4.05. The third-order valence-electron chi connectivity index (χ3n) is 2.80. The van der Waals surface area contributed by atoms with Gasteiger partial charge in [-0.25, -0.2) is 0 Å². The second-order valence-electron chi connectivity index (χ2n) is 4.55. The molecule has 0 fully saturated rings. The van der Waals surface area contributed by atoms with Gasteiger partial charge in [-0.3, -0.25) is 4.79 Å². The molecule has 2 heteroatoms. The molecule has 0 aromatic carbocycles. The van der Waals surface area contributed by atoms with Crippen molar-refractivity contribution in [3.8, 4) is 0 Å². The van der Waals surface area contributed by atoms with Gasteiger partial charge in [0.05, 0.1) is 0 Å². The molecule has 0 aromatic rings. The fraction of sp³-hybridized carbons (Fsp3) is 0.462. The van der Waals surface area contributed by atoms with Crippen LogP contribution >= 0.6 is 0 Å². The maximum absolute atomic E-state index is 11.9. The van der Waals surface area contributed by atoms with E-state index in [4.69, 9.17) is 0 Å². The van der Waals surface area contributed by atoms with E-state index < -0.39 is 0 Å². The summed E-state index contributed by atoms with van der Waals surface area (Å²) in [6.07, 6.45) is 6.29. The van der Waals surface area contributed by atoms with Crippen molar-refractivity contribution in [1.82, 2.24) is 0 Å². The Balaban J connectivity index is 3.21. The minimum Gasteiger partial charge on any atom is -0.504 e. The molecule has 0 heterocycles. The zero-order valence-corrected chi connectivity index (χ0v) is 9.79. The number of allylic oxidation sites excluding steroid dienone is 5. The highest BCUT2D eigenvalue weighted by atomic mass is 16.3. The van der Waals surface area contributed by atoms with E-state index in [1.807, 2.05) is 26.8 Å². The van der Waals surface area contributed by atoms with Gasteiger partial charge in [-0.2, -0.15) is 0 Å². The SMILES string of the molecule is C/C=C(\O)C(=O)C1=C(C)C=CCC1(C)C. The van der Waals surface area contributed by atoms with Gasteiger partial charge in [0.2, 0.25) is 5.78 Å². The maximum atomic E-state index is 11.9. The van der Waals surface area contributed by atoms with Crippen LogP contribution in [0, 0.1) is 5.41 Å². The Morgan fingerprint density at radius 3 is 2.60 bits per heavy atom. The van der Waals surface area contributed by atoms with Crippen LogP contribution in [0.15, 0.2) is 35.1 Å². The molecular weight excluding hydrogens is 188 g/mol. The van der Waals surface area contributed by atoms with Crippen LogP contribution in [0.5, 0.6) is 0 Å². The summed E-state index contributed by atoms with van der Waals surface area (Å²) >= 11 is 0. The number of carbonyl (C=O) groups excluding carboxylic acids is 1. The van der Waals surface area contributed by atoms with Crippen LogP contribution in [-0.2, 0) is 4.79 Å². The van der Waals surface area contributed by atoms with Crippen LogP contribution in [0.1, 0.15) is 34.1 Å². The van der Waals surface area contributed by atoms with Crippen LogP contribution in [0.3, 0.4) is 0 Å². The van der Waals surface area contributed by atoms with Crippen molar-refractivity contribution in [1.29, 1.82) is 0 Å². The zero-order valence-electron chi connectivity index (χ0n) is 9.79. The molecule has 1 aliphatic rings. The average Bonchev–Trinajstić information content (AvgIpc) is 2.14. The summed E-state index contributed by atoms with van der Waals surface area (Å²) in [5.74, 6) is -0.405. The number of ketones is 1. The van der Waals surface area contributed by atoms with Crippen molar-refractivity contribution in [3.63, 3.8) is 0 Å². The van der Waals surface area contributed by atoms with Crippen molar-refractivity contribution in [2.45, 2.75) is 34.1 Å². The molecule has 1 rings (SSSR count). The fourth-order valence-electron chi connectivity index (χ4n) is 2.00. The molecule has 2 nitrogen and oxygen atoms in total. The predicted molar refractivity (Wildman–Crippen MR) is 61.6 cm³/mol. The van der Waals surface area contributed by atoms with E-state index >= 15 is 0 Å². The van der Waals surface area contributed by atoms with Gasteiger partial charge < -0.3 is 5.11 Å². The molecule has 0 saturated carbocycles. The molecule has 0 saturated heterocycles. The summed E-state index contributed by atoms with van der Waals surface area (Å²) in [6, 6.07) is 0. The molecule has 0 radical (unpaired) electrons. The van der Waals surface area contributed by atoms with Crippen LogP contribution in [-0.4, -0.2) is 10.9 Å². The molecule has 0 atom stereocenters. The van der Waals surface area contributed by atoms with E-state index in [0.717, 1.165) is 17.6 Å². The molecule has 0 spiro atoms. The van der Waals surface area contributed by atoms with Crippen molar-refractivity contribution in [2.75, 3.05) is 0 Å². The zero-order chi connectivity index (χ0) is 11.6. The molecule has 82 valence electrons. The number of carbonyl (C=O) groups is 1. The van der Waals surface area contributed by atoms with Crippen molar-refractivity contribution in [2.24, 2.45) is 5.41 Å². The van der Waals surface area contributed by atoms with Gasteiger partial charge in [-0.05, 0) is 37.3 Å². The first kappa shape index (κ1) is 11.8. The standard InChI is InChI=1S/C13H18O2/c1-5-10(14)12(15)11-9(2)7-6-8-13(11,3)4/h5-7,14H,8H2,1-4H3/b10-5-. The van der Waals surface area contributed by atoms with Crippen molar-refractivity contribution < 1.29 is 9.90 Å². The first-order valence-corrected chi connectivity index (χ1v) is 5.18. The molecule has 0 amide bonds. The lowest BCUT2D eigenvalue weighted by molar-refractivity contribution is -0.115. The summed E-state index contributed by atoms with van der Waals surface area (Å²) in [6.45, 7) is 7.62. The Bertz CT molecular complexity index is 368. The number of hydrogen-bond acceptors (Lipinski definition) is 2. The van der Waals surface area contributed by atoms with Gasteiger partial charge in [-0.15, -0.1) is 0 Å². The molecule has 0 aromatic heterocycles. The molecule has 1 N–H and O–H groups in total. The number of aliphatic hydroxyl groups is 1. The van der Waals surface area contributed by atoms with Crippen LogP contribution < -0.4 is 0 Å². The first-order chi connectivity index (χ1) is 6.90. The number of rotatable bonds is 2. The number of Topliss-reactive ketones (excluding diaryl/α,β-unsaturated/α-hetero) is 1. The highest BCUT2D eigenvalue weighted by Crippen LogP contribution is 2.38. The van der Waals surface area contributed by atoms with Crippen LogP contribution in [0.4, 0.5) is 0 Å². The third kappa shape index (κ3) is 2.20. The Morgan fingerprint density at radius 1 is 1.53 bits per heavy atom. The largest absolute Gasteiger partial charge is 0.504 e. The van der Waals surface area contributed by atoms with E-state index in [-0.39, 0.29) is 17.0 Å². The quantitative estimate of drug-likeness (QED) is 0.556. The Morgan fingerprint density at radius 2 is 2.13 bits per heavy atom. The molecule has 15 heavy (non-hydrogen) atoms. The summed E-state index contributed by atoms with van der Waals surface area (Å²) < 4.78 is 0. The number of hydrogen-bond donors (Lipinski definition) is 1. The molecule has 1 aliphatic carbocycles. The Hall–Kier alpha value is -1.31. The topological polar surface area (TPSA) is 37.3 Å². The third-order valence-corrected chi connectivity index (χ3v) is 2.80. The van der Waals surface area contributed by atoms with Gasteiger partial charge in [0.25, 0.3) is 0 Å². The monoisotopic (exact) mass is 206 g/mol. The second-order valence-corrected chi connectivity index (χ2v) is 4.55. The summed E-state index contributed by atoms with van der Waals surface area (Å²) in [4.78, 5) is 11.9. The maximum Gasteiger partial charge on any atom is 0.223 e. The summed E-state index contributed by atoms with van der Waals surface area (Å²) in [5, 5.41) is 9.48. The van der Waals surface area contributed by atoms with Crippen molar-refractivity contribution in [3.05, 3.63) is 35.1 Å². The van der Waals surface area contributed by atoms with E-state index in [9.17, 15) is 9.90 Å². The predicted octanol–water partition coefficient (Wildman–Crippen LogP) is 3.32. The van der Waals surface area contributed by atoms with E-state index in [1.54, 1.807) is 6.92 Å². The Kier molecular flexibility index (Phi) is 3.18. The summed E-state index contributed by atoms with van der Waals surface area (Å²) in [7, 11) is 0. The lowest BCUT2D eigenvalue weighted by Crippen LogP contribution is -2.25. The first-order valence-electron chi connectivity index (χ1n) is 5.18. The molecule has 0 bridgehead atoms. The highest BCUT2D eigenvalue weighted by molar-refractivity contribution is 6.08. The van der Waals surface area contributed by atoms with Gasteiger partial charge in [-0.1, -0.05) is 26.0 Å². The lowest BCUT2D eigenvalue weighted by atomic mass is 9.73. The smallest absolute Gasteiger partial charge is 0.223 e. The average molecular weight is 206 g/mol. The van der Waals surface area contributed by atoms with E-state index in [0.29, 0.717) is 0 Å². The van der Waals surface area contributed by atoms with Gasteiger partial charge in [0.15, 0.2) is 5.76 Å². The van der Waals surface area contributed by atoms with Crippen LogP contribution in [0.2, 0.25) is 0 Å². The minimum atomic E-state index is -0.246. The normalized spacial score (nSPS) is 20.7. The molecule has 0 unspecified atom stereocenters. The van der Waals surface area contributed by atoms with Crippen LogP contribution in [0.25, 0.3) is 0 Å². The fourth-order valence-corrected chi connectivity index (χ4v) is 2.00. The highest BCUT2D eigenvalue weighted by Gasteiger charge is 2.32. The van der Waals surface area contributed by atoms with Crippen molar-refractivity contribution >= 4 is 5.78 Å². The lowest BCUT2D eigenvalue weighted by Gasteiger charge is -2.30. The van der Waals surface area contributed by atoms with E-state index in [1.165, 1.54) is 6.08 Å². The Labute approximate surface area is 91.0 Å². The van der Waals surface area contributed by atoms with Gasteiger partial charge >= 0.3 is 0 Å². The number of aliphatic hydroxyl groups excluding tert-OH is 1. The molecular formula is C13H18O2. The minimum absolute atomic E-state index is 0.160. The van der Waals surface area contributed by atoms with Gasteiger partial charge in [0.1, 0.15) is 0 Å².